The SMILES string of the molecule is CC1CCC(OCC(O)C2CC2)CC1. The lowest BCUT2D eigenvalue weighted by molar-refractivity contribution is -0.0346. The Morgan fingerprint density at radius 1 is 1.14 bits per heavy atom. The summed E-state index contributed by atoms with van der Waals surface area (Å²) >= 11 is 0. The summed E-state index contributed by atoms with van der Waals surface area (Å²) in [6.45, 7) is 2.89. The van der Waals surface area contributed by atoms with Gasteiger partial charge < -0.3 is 9.84 Å². The Morgan fingerprint density at radius 3 is 2.36 bits per heavy atom. The monoisotopic (exact) mass is 198 g/mol. The normalized spacial score (nSPS) is 35.6. The van der Waals surface area contributed by atoms with Crippen molar-refractivity contribution in [3.8, 4) is 0 Å². The van der Waals surface area contributed by atoms with Crippen LogP contribution in [0.15, 0.2) is 0 Å². The molecule has 0 aromatic carbocycles. The van der Waals surface area contributed by atoms with Gasteiger partial charge in [0.1, 0.15) is 0 Å². The van der Waals surface area contributed by atoms with Crippen LogP contribution < -0.4 is 0 Å². The van der Waals surface area contributed by atoms with Crippen LogP contribution in [0.3, 0.4) is 0 Å². The van der Waals surface area contributed by atoms with Gasteiger partial charge in [-0.05, 0) is 50.4 Å². The van der Waals surface area contributed by atoms with Crippen molar-refractivity contribution in [1.29, 1.82) is 0 Å². The highest BCUT2D eigenvalue weighted by Crippen LogP contribution is 2.33. The molecule has 0 heterocycles. The molecular formula is C12H22O2. The van der Waals surface area contributed by atoms with Gasteiger partial charge in [0.15, 0.2) is 0 Å². The van der Waals surface area contributed by atoms with Crippen molar-refractivity contribution in [2.24, 2.45) is 11.8 Å². The summed E-state index contributed by atoms with van der Waals surface area (Å²) in [7, 11) is 0. The summed E-state index contributed by atoms with van der Waals surface area (Å²) in [5, 5.41) is 9.65. The summed E-state index contributed by atoms with van der Waals surface area (Å²) in [6, 6.07) is 0. The third-order valence-electron chi connectivity index (χ3n) is 3.63. The van der Waals surface area contributed by atoms with Crippen LogP contribution >= 0.6 is 0 Å². The van der Waals surface area contributed by atoms with Gasteiger partial charge >= 0.3 is 0 Å². The molecule has 0 aromatic rings. The zero-order valence-corrected chi connectivity index (χ0v) is 9.11. The molecule has 1 atom stereocenters. The highest BCUT2D eigenvalue weighted by molar-refractivity contribution is 4.81. The molecule has 2 saturated carbocycles. The van der Waals surface area contributed by atoms with Crippen molar-refractivity contribution in [3.05, 3.63) is 0 Å². The van der Waals surface area contributed by atoms with E-state index < -0.39 is 0 Å². The van der Waals surface area contributed by atoms with Crippen molar-refractivity contribution in [3.63, 3.8) is 0 Å². The number of aliphatic hydroxyl groups excluding tert-OH is 1. The largest absolute Gasteiger partial charge is 0.390 e. The first-order chi connectivity index (χ1) is 6.75. The number of ether oxygens (including phenoxy) is 1. The van der Waals surface area contributed by atoms with Gasteiger partial charge in [-0.25, -0.2) is 0 Å². The van der Waals surface area contributed by atoms with Crippen LogP contribution in [-0.4, -0.2) is 23.9 Å². The Balaban J connectivity index is 1.60. The summed E-state index contributed by atoms with van der Waals surface area (Å²) in [5.41, 5.74) is 0. The first-order valence-corrected chi connectivity index (χ1v) is 6.05. The van der Waals surface area contributed by atoms with Crippen LogP contribution in [0, 0.1) is 11.8 Å². The fraction of sp³-hybridized carbons (Fsp3) is 1.00. The van der Waals surface area contributed by atoms with Gasteiger partial charge in [-0.2, -0.15) is 0 Å². The molecule has 14 heavy (non-hydrogen) atoms. The van der Waals surface area contributed by atoms with E-state index in [4.69, 9.17) is 4.74 Å². The van der Waals surface area contributed by atoms with Crippen LogP contribution in [0.4, 0.5) is 0 Å². The summed E-state index contributed by atoms with van der Waals surface area (Å²) < 4.78 is 5.74. The molecule has 0 aliphatic heterocycles. The topological polar surface area (TPSA) is 29.5 Å². The van der Waals surface area contributed by atoms with Gasteiger partial charge in [-0.3, -0.25) is 0 Å². The second-order valence-corrected chi connectivity index (χ2v) is 5.12. The molecule has 2 aliphatic carbocycles. The summed E-state index contributed by atoms with van der Waals surface area (Å²) in [5.74, 6) is 1.43. The van der Waals surface area contributed by atoms with E-state index in [0.29, 0.717) is 18.6 Å². The molecule has 2 nitrogen and oxygen atoms in total. The Labute approximate surface area is 86.6 Å². The third-order valence-corrected chi connectivity index (χ3v) is 3.63. The Bertz CT molecular complexity index is 169. The van der Waals surface area contributed by atoms with Crippen molar-refractivity contribution in [2.75, 3.05) is 6.61 Å². The number of hydrogen-bond acceptors (Lipinski definition) is 2. The molecule has 0 amide bonds. The molecule has 0 aromatic heterocycles. The maximum absolute atomic E-state index is 9.65. The Hall–Kier alpha value is -0.0800. The zero-order chi connectivity index (χ0) is 9.97. The number of aliphatic hydroxyl groups is 1. The van der Waals surface area contributed by atoms with E-state index in [2.05, 4.69) is 6.92 Å². The molecule has 2 fully saturated rings. The van der Waals surface area contributed by atoms with Crippen molar-refractivity contribution in [1.82, 2.24) is 0 Å². The van der Waals surface area contributed by atoms with Crippen molar-refractivity contribution < 1.29 is 9.84 Å². The van der Waals surface area contributed by atoms with Crippen LogP contribution in [-0.2, 0) is 4.74 Å². The molecule has 82 valence electrons. The molecular weight excluding hydrogens is 176 g/mol. The summed E-state index contributed by atoms with van der Waals surface area (Å²) in [4.78, 5) is 0. The van der Waals surface area contributed by atoms with Crippen molar-refractivity contribution >= 4 is 0 Å². The minimum atomic E-state index is -0.186. The van der Waals surface area contributed by atoms with E-state index in [1.807, 2.05) is 0 Å². The van der Waals surface area contributed by atoms with Gasteiger partial charge in [-0.1, -0.05) is 6.92 Å². The standard InChI is InChI=1S/C12H22O2/c1-9-2-6-11(7-3-9)14-8-12(13)10-4-5-10/h9-13H,2-8H2,1H3. The molecule has 0 spiro atoms. The predicted molar refractivity (Wildman–Crippen MR) is 56.1 cm³/mol. The Morgan fingerprint density at radius 2 is 1.79 bits per heavy atom. The van der Waals surface area contributed by atoms with E-state index in [1.165, 1.54) is 38.5 Å². The minimum Gasteiger partial charge on any atom is -0.390 e. The minimum absolute atomic E-state index is 0.186. The summed E-state index contributed by atoms with van der Waals surface area (Å²) in [6.07, 6.45) is 7.62. The van der Waals surface area contributed by atoms with E-state index >= 15 is 0 Å². The average molecular weight is 198 g/mol. The highest BCUT2D eigenvalue weighted by Gasteiger charge is 2.30. The van der Waals surface area contributed by atoms with E-state index in [0.717, 1.165) is 5.92 Å². The second kappa shape index (κ2) is 4.63. The first kappa shape index (κ1) is 10.4. The molecule has 2 aliphatic rings. The fourth-order valence-corrected chi connectivity index (χ4v) is 2.25. The third kappa shape index (κ3) is 2.96. The molecule has 0 saturated heterocycles. The highest BCUT2D eigenvalue weighted by atomic mass is 16.5. The zero-order valence-electron chi connectivity index (χ0n) is 9.11. The van der Waals surface area contributed by atoms with Gasteiger partial charge in [0.25, 0.3) is 0 Å². The van der Waals surface area contributed by atoms with Crippen molar-refractivity contribution in [2.45, 2.75) is 57.7 Å². The quantitative estimate of drug-likeness (QED) is 0.751. The van der Waals surface area contributed by atoms with Crippen LogP contribution in [0.5, 0.6) is 0 Å². The van der Waals surface area contributed by atoms with Crippen LogP contribution in [0.25, 0.3) is 0 Å². The molecule has 1 unspecified atom stereocenters. The second-order valence-electron chi connectivity index (χ2n) is 5.12. The lowest BCUT2D eigenvalue weighted by atomic mass is 9.89. The predicted octanol–water partition coefficient (Wildman–Crippen LogP) is 2.35. The van der Waals surface area contributed by atoms with E-state index in [-0.39, 0.29) is 6.10 Å². The number of rotatable bonds is 4. The maximum Gasteiger partial charge on any atom is 0.0801 e. The molecule has 1 N–H and O–H groups in total. The first-order valence-electron chi connectivity index (χ1n) is 6.05. The maximum atomic E-state index is 9.65. The lowest BCUT2D eigenvalue weighted by Gasteiger charge is -2.27. The molecule has 2 rings (SSSR count). The van der Waals surface area contributed by atoms with Gasteiger partial charge in [0.2, 0.25) is 0 Å². The molecule has 0 bridgehead atoms. The number of hydrogen-bond donors (Lipinski definition) is 1. The molecule has 0 radical (unpaired) electrons. The molecule has 2 heteroatoms. The van der Waals surface area contributed by atoms with Gasteiger partial charge in [-0.15, -0.1) is 0 Å². The van der Waals surface area contributed by atoms with Gasteiger partial charge in [0, 0.05) is 0 Å². The van der Waals surface area contributed by atoms with E-state index in [9.17, 15) is 5.11 Å². The fourth-order valence-electron chi connectivity index (χ4n) is 2.25. The lowest BCUT2D eigenvalue weighted by Crippen LogP contribution is -2.26. The smallest absolute Gasteiger partial charge is 0.0801 e. The van der Waals surface area contributed by atoms with Gasteiger partial charge in [0.05, 0.1) is 18.8 Å². The van der Waals surface area contributed by atoms with Crippen LogP contribution in [0.1, 0.15) is 45.4 Å². The average Bonchev–Trinajstić information content (AvgIpc) is 3.00. The van der Waals surface area contributed by atoms with Crippen LogP contribution in [0.2, 0.25) is 0 Å². The van der Waals surface area contributed by atoms with E-state index in [1.54, 1.807) is 0 Å². The Kier molecular flexibility index (Phi) is 3.45.